The molecule has 16 nitrogen and oxygen atoms in total. The molecule has 0 unspecified atom stereocenters. The van der Waals surface area contributed by atoms with E-state index in [1.807, 2.05) is 23.1 Å². The first-order valence-corrected chi connectivity index (χ1v) is 20.9. The van der Waals surface area contributed by atoms with Crippen molar-refractivity contribution >= 4 is 35.3 Å². The molecule has 0 radical (unpaired) electrons. The third-order valence-corrected chi connectivity index (χ3v) is 12.6. The van der Waals surface area contributed by atoms with Crippen molar-refractivity contribution in [1.82, 2.24) is 30.4 Å². The quantitative estimate of drug-likeness (QED) is 0.170. The van der Waals surface area contributed by atoms with Gasteiger partial charge in [0, 0.05) is 74.9 Å². The molecule has 4 amide bonds. The van der Waals surface area contributed by atoms with Gasteiger partial charge in [0.2, 0.25) is 11.8 Å². The molecular weight excluding hydrogens is 790 g/mol. The van der Waals surface area contributed by atoms with Gasteiger partial charge in [-0.25, -0.2) is 19.0 Å². The number of likely N-dealkylation sites (tertiary alicyclic amines) is 2. The zero-order valence-electron chi connectivity index (χ0n) is 34.8. The number of carbonyl (C=O) groups excluding carboxylic acids is 4. The van der Waals surface area contributed by atoms with Crippen LogP contribution in [0.2, 0.25) is 0 Å². The summed E-state index contributed by atoms with van der Waals surface area (Å²) in [5, 5.41) is 5.40. The van der Waals surface area contributed by atoms with Crippen LogP contribution in [0.25, 0.3) is 16.8 Å². The van der Waals surface area contributed by atoms with Gasteiger partial charge in [0.1, 0.15) is 35.2 Å². The van der Waals surface area contributed by atoms with E-state index < -0.39 is 36.2 Å². The van der Waals surface area contributed by atoms with Crippen molar-refractivity contribution in [3.8, 4) is 22.8 Å². The van der Waals surface area contributed by atoms with Crippen LogP contribution < -0.4 is 15.4 Å². The van der Waals surface area contributed by atoms with Crippen molar-refractivity contribution in [3.05, 3.63) is 71.1 Å². The minimum absolute atomic E-state index is 0.0610. The molecule has 17 heteroatoms. The van der Waals surface area contributed by atoms with E-state index in [0.717, 1.165) is 41.8 Å². The Hall–Kier alpha value is -5.81. The lowest BCUT2D eigenvalue weighted by Gasteiger charge is -2.34. The number of halogens is 1. The zero-order chi connectivity index (χ0) is 42.8. The minimum atomic E-state index is -0.946. The van der Waals surface area contributed by atoms with Crippen LogP contribution in [0.15, 0.2) is 47.7 Å². The lowest BCUT2D eigenvalue weighted by molar-refractivity contribution is -0.137. The van der Waals surface area contributed by atoms with Gasteiger partial charge in [0.25, 0.3) is 0 Å². The molecule has 5 atom stereocenters. The summed E-state index contributed by atoms with van der Waals surface area (Å²) in [6.45, 7) is 3.82. The fraction of sp³-hybridized carbons (Fsp3) is 0.500. The van der Waals surface area contributed by atoms with E-state index in [0.29, 0.717) is 92.4 Å². The van der Waals surface area contributed by atoms with Crippen molar-refractivity contribution in [3.63, 3.8) is 0 Å². The molecule has 5 aliphatic rings. The predicted molar refractivity (Wildman–Crippen MR) is 220 cm³/mol. The highest BCUT2D eigenvalue weighted by Gasteiger charge is 2.42. The van der Waals surface area contributed by atoms with Crippen LogP contribution >= 0.6 is 0 Å². The summed E-state index contributed by atoms with van der Waals surface area (Å²) < 4.78 is 42.9. The first-order chi connectivity index (χ1) is 29.6. The number of hydrogen-bond acceptors (Lipinski definition) is 11. The second kappa shape index (κ2) is 18.0. The van der Waals surface area contributed by atoms with Gasteiger partial charge in [-0.05, 0) is 92.8 Å². The molecule has 8 rings (SSSR count). The molecule has 3 saturated heterocycles. The summed E-state index contributed by atoms with van der Waals surface area (Å²) in [7, 11) is 4.00. The number of methoxy groups -OCH3 is 3. The second-order valence-corrected chi connectivity index (χ2v) is 16.2. The van der Waals surface area contributed by atoms with E-state index in [-0.39, 0.29) is 29.8 Å². The van der Waals surface area contributed by atoms with Crippen LogP contribution in [0.5, 0.6) is 11.5 Å². The predicted octanol–water partition coefficient (Wildman–Crippen LogP) is 5.66. The Balaban J connectivity index is 0.935. The first kappa shape index (κ1) is 41.9. The molecule has 1 aromatic heterocycles. The molecule has 6 heterocycles. The minimum Gasteiger partial charge on any atom is -0.457 e. The smallest absolute Gasteiger partial charge is 0.407 e. The SMILES string of the molecule is COC(=O)N[C@H](C(=O)N1CCC[C@H]1c1ncc(-c2ccc3c(c2)Cc2cc(F)c(C4=CN=C([C@@H]5CCCN5C(=O)[C@@H](NC(=O)OC)[C@@H](C)OC)C4)cc2O3)[nH]1)C1CCOCC1. The highest BCUT2D eigenvalue weighted by Crippen LogP contribution is 2.42. The Morgan fingerprint density at radius 1 is 0.869 bits per heavy atom. The number of amides is 4. The first-order valence-electron chi connectivity index (χ1n) is 20.9. The van der Waals surface area contributed by atoms with Crippen LogP contribution in [0.4, 0.5) is 14.0 Å². The number of carbonyl (C=O) groups is 4. The number of ether oxygens (including phenoxy) is 5. The van der Waals surface area contributed by atoms with Gasteiger partial charge in [-0.2, -0.15) is 0 Å². The Morgan fingerprint density at radius 3 is 2.31 bits per heavy atom. The number of nitrogens with zero attached hydrogens (tertiary/aromatic N) is 4. The topological polar surface area (TPSA) is 186 Å². The molecule has 3 aromatic rings. The summed E-state index contributed by atoms with van der Waals surface area (Å²) in [5.74, 6) is 0.990. The molecule has 5 aliphatic heterocycles. The second-order valence-electron chi connectivity index (χ2n) is 16.2. The molecular formula is C44H52FN7O9. The molecule has 61 heavy (non-hydrogen) atoms. The number of H-pyrrole nitrogens is 1. The fourth-order valence-corrected chi connectivity index (χ4v) is 9.22. The summed E-state index contributed by atoms with van der Waals surface area (Å²) in [6.07, 6.45) is 6.58. The number of rotatable bonds is 11. The molecule has 2 aromatic carbocycles. The number of nitrogens with one attached hydrogen (secondary N) is 3. The number of imidazole rings is 1. The highest BCUT2D eigenvalue weighted by atomic mass is 19.1. The van der Waals surface area contributed by atoms with E-state index in [4.69, 9.17) is 28.7 Å². The Morgan fingerprint density at radius 2 is 1.57 bits per heavy atom. The summed E-state index contributed by atoms with van der Waals surface area (Å²) >= 11 is 0. The number of fused-ring (bicyclic) bond motifs is 2. The van der Waals surface area contributed by atoms with E-state index in [9.17, 15) is 19.2 Å². The summed E-state index contributed by atoms with van der Waals surface area (Å²) in [5.41, 5.74) is 5.06. The lowest BCUT2D eigenvalue weighted by atomic mass is 9.90. The van der Waals surface area contributed by atoms with Gasteiger partial charge in [0.05, 0.1) is 44.3 Å². The van der Waals surface area contributed by atoms with Gasteiger partial charge in [0.15, 0.2) is 0 Å². The number of aliphatic imine (C=N–C) groups is 1. The number of benzene rings is 2. The van der Waals surface area contributed by atoms with Gasteiger partial charge in [-0.15, -0.1) is 0 Å². The van der Waals surface area contributed by atoms with E-state index in [1.54, 1.807) is 30.3 Å². The van der Waals surface area contributed by atoms with Gasteiger partial charge in [-0.1, -0.05) is 0 Å². The lowest BCUT2D eigenvalue weighted by Crippen LogP contribution is -2.56. The maximum atomic E-state index is 16.0. The Bertz CT molecular complexity index is 2240. The van der Waals surface area contributed by atoms with Gasteiger partial charge < -0.3 is 49.1 Å². The largest absolute Gasteiger partial charge is 0.457 e. The average Bonchev–Trinajstić information content (AvgIpc) is 4.13. The number of aromatic amines is 1. The van der Waals surface area contributed by atoms with Crippen LogP contribution in [0.1, 0.15) is 80.4 Å². The number of hydrogen-bond donors (Lipinski definition) is 3. The van der Waals surface area contributed by atoms with Crippen molar-refractivity contribution in [2.24, 2.45) is 10.9 Å². The van der Waals surface area contributed by atoms with Crippen LogP contribution in [-0.2, 0) is 35.0 Å². The van der Waals surface area contributed by atoms with E-state index in [2.05, 4.69) is 20.6 Å². The van der Waals surface area contributed by atoms with Crippen LogP contribution in [0.3, 0.4) is 0 Å². The molecule has 0 spiro atoms. The molecule has 0 bridgehead atoms. The zero-order valence-corrected chi connectivity index (χ0v) is 34.8. The molecule has 324 valence electrons. The van der Waals surface area contributed by atoms with E-state index >= 15 is 4.39 Å². The van der Waals surface area contributed by atoms with Crippen molar-refractivity contribution in [1.29, 1.82) is 0 Å². The van der Waals surface area contributed by atoms with Crippen LogP contribution in [0, 0.1) is 11.7 Å². The van der Waals surface area contributed by atoms with E-state index in [1.165, 1.54) is 27.4 Å². The summed E-state index contributed by atoms with van der Waals surface area (Å²) in [4.78, 5) is 68.4. The molecule has 3 N–H and O–H groups in total. The Kier molecular flexibility index (Phi) is 12.4. The molecule has 0 saturated carbocycles. The number of allylic oxidation sites excluding steroid dienone is 1. The van der Waals surface area contributed by atoms with Crippen molar-refractivity contribution in [2.75, 3.05) is 47.6 Å². The number of alkyl carbamates (subject to hydrolysis) is 2. The third kappa shape index (κ3) is 8.58. The average molecular weight is 842 g/mol. The molecule has 3 fully saturated rings. The van der Waals surface area contributed by atoms with Gasteiger partial charge in [-0.3, -0.25) is 14.6 Å². The normalized spacial score (nSPS) is 21.3. The van der Waals surface area contributed by atoms with Crippen LogP contribution in [-0.4, -0.2) is 121 Å². The molecule has 0 aliphatic carbocycles. The number of aromatic nitrogens is 2. The third-order valence-electron chi connectivity index (χ3n) is 12.6. The maximum Gasteiger partial charge on any atom is 0.407 e. The monoisotopic (exact) mass is 841 g/mol. The van der Waals surface area contributed by atoms with Crippen molar-refractivity contribution < 1.29 is 47.3 Å². The van der Waals surface area contributed by atoms with Gasteiger partial charge >= 0.3 is 12.2 Å². The highest BCUT2D eigenvalue weighted by molar-refractivity contribution is 6.04. The van der Waals surface area contributed by atoms with Crippen molar-refractivity contribution in [2.45, 2.75) is 88.6 Å². The summed E-state index contributed by atoms with van der Waals surface area (Å²) in [6, 6.07) is 6.83. The standard InChI is InChI=1S/C44H52FN7O9/c1-24(57-2)38(49-43(55)58-3)41(53)51-13-5-7-34(51)32-20-29(22-46-32)30-21-37-28(19-31(30)45)18-27-17-26(9-10-36(27)61-37)33-23-47-40(48-33)35-8-6-14-52(35)42(54)39(50-44(56)59-4)25-11-15-60-16-12-25/h9-10,17,19,21-25,34-35,38-39H,5-8,11-16,18,20H2,1-4H3,(H,47,48)(H,49,55)(H,50,56)/t24-,34+,35+,38+,39+/m1/s1. The Labute approximate surface area is 353 Å². The fourth-order valence-electron chi connectivity index (χ4n) is 9.22. The maximum absolute atomic E-state index is 16.0.